The normalized spacial score (nSPS) is 19.2. The van der Waals surface area contributed by atoms with Gasteiger partial charge >= 0.3 is 6.18 Å². The summed E-state index contributed by atoms with van der Waals surface area (Å²) in [5, 5.41) is 6.89. The molecule has 1 aromatic rings. The number of halogens is 3. The Hall–Kier alpha value is -2.25. The molecule has 5 nitrogen and oxygen atoms in total. The minimum absolute atomic E-state index is 0.0578. The van der Waals surface area contributed by atoms with Gasteiger partial charge < -0.3 is 10.2 Å². The lowest BCUT2D eigenvalue weighted by Gasteiger charge is -2.25. The van der Waals surface area contributed by atoms with Gasteiger partial charge in [-0.05, 0) is 31.0 Å². The highest BCUT2D eigenvalue weighted by Crippen LogP contribution is 2.37. The Balaban J connectivity index is 1.94. The lowest BCUT2D eigenvalue weighted by molar-refractivity contribution is -0.137. The molecule has 24 heavy (non-hydrogen) atoms. The Kier molecular flexibility index (Phi) is 4.38. The van der Waals surface area contributed by atoms with Crippen LogP contribution in [0.15, 0.2) is 23.3 Å². The molecule has 1 heterocycles. The molecular formula is C16H19F3N4O. The molecule has 1 amide bonds. The van der Waals surface area contributed by atoms with E-state index in [-0.39, 0.29) is 24.2 Å². The number of likely N-dealkylation sites (N-methyl/N-ethyl adjacent to an activating group) is 1. The molecule has 0 bridgehead atoms. The van der Waals surface area contributed by atoms with Gasteiger partial charge in [-0.1, -0.05) is 12.8 Å². The summed E-state index contributed by atoms with van der Waals surface area (Å²) < 4.78 is 40.4. The summed E-state index contributed by atoms with van der Waals surface area (Å²) in [6, 6.07) is 4.22. The van der Waals surface area contributed by atoms with Crippen molar-refractivity contribution in [3.8, 4) is 0 Å². The highest BCUT2D eigenvalue weighted by atomic mass is 19.4. The molecule has 0 aromatic heterocycles. The maximum atomic E-state index is 13.5. The van der Waals surface area contributed by atoms with Crippen LogP contribution >= 0.6 is 0 Å². The quantitative estimate of drug-likeness (QED) is 0.890. The molecule has 1 aliphatic heterocycles. The summed E-state index contributed by atoms with van der Waals surface area (Å²) in [6.45, 7) is 0.0578. The number of carbonyl (C=O) groups excluding carboxylic acids is 1. The Bertz CT molecular complexity index is 666. The van der Waals surface area contributed by atoms with E-state index in [1.54, 1.807) is 13.1 Å². The number of rotatable bonds is 3. The van der Waals surface area contributed by atoms with Gasteiger partial charge in [-0.3, -0.25) is 4.79 Å². The number of hydrogen-bond donors (Lipinski definition) is 2. The average Bonchev–Trinajstić information content (AvgIpc) is 3.00. The first-order chi connectivity index (χ1) is 11.3. The van der Waals surface area contributed by atoms with Crippen LogP contribution < -0.4 is 10.7 Å². The fraction of sp³-hybridized carbons (Fsp3) is 0.500. The van der Waals surface area contributed by atoms with E-state index < -0.39 is 11.7 Å². The van der Waals surface area contributed by atoms with Crippen molar-refractivity contribution in [3.05, 3.63) is 29.3 Å². The van der Waals surface area contributed by atoms with Gasteiger partial charge in [0, 0.05) is 24.3 Å². The van der Waals surface area contributed by atoms with E-state index in [2.05, 4.69) is 15.8 Å². The summed E-state index contributed by atoms with van der Waals surface area (Å²) in [5.41, 5.74) is 2.01. The zero-order chi connectivity index (χ0) is 17.3. The van der Waals surface area contributed by atoms with Crippen LogP contribution in [0.1, 0.15) is 36.8 Å². The van der Waals surface area contributed by atoms with Crippen molar-refractivity contribution < 1.29 is 18.0 Å². The number of anilines is 1. The van der Waals surface area contributed by atoms with Gasteiger partial charge in [0.15, 0.2) is 5.84 Å². The largest absolute Gasteiger partial charge is 0.418 e. The zero-order valence-corrected chi connectivity index (χ0v) is 13.3. The number of carbonyl (C=O) groups is 1. The molecule has 130 valence electrons. The molecule has 0 saturated heterocycles. The first-order valence-electron chi connectivity index (χ1n) is 7.90. The smallest absolute Gasteiger partial charge is 0.382 e. The fourth-order valence-corrected chi connectivity index (χ4v) is 3.15. The molecule has 0 atom stereocenters. The van der Waals surface area contributed by atoms with Gasteiger partial charge in [-0.25, -0.2) is 5.43 Å². The van der Waals surface area contributed by atoms with Crippen LogP contribution in [0.2, 0.25) is 0 Å². The van der Waals surface area contributed by atoms with Gasteiger partial charge in [0.05, 0.1) is 12.1 Å². The summed E-state index contributed by atoms with van der Waals surface area (Å²) in [7, 11) is 1.62. The van der Waals surface area contributed by atoms with Crippen molar-refractivity contribution in [2.45, 2.75) is 37.9 Å². The maximum absolute atomic E-state index is 13.5. The third-order valence-electron chi connectivity index (χ3n) is 4.33. The average molecular weight is 340 g/mol. The van der Waals surface area contributed by atoms with Gasteiger partial charge in [0.2, 0.25) is 0 Å². The first kappa shape index (κ1) is 16.6. The topological polar surface area (TPSA) is 56.7 Å². The first-order valence-corrected chi connectivity index (χ1v) is 7.90. The molecule has 1 aliphatic carbocycles. The zero-order valence-electron chi connectivity index (χ0n) is 13.3. The van der Waals surface area contributed by atoms with Crippen LogP contribution in [0.25, 0.3) is 0 Å². The van der Waals surface area contributed by atoms with Crippen LogP contribution in [0.3, 0.4) is 0 Å². The number of alkyl halides is 3. The van der Waals surface area contributed by atoms with Gasteiger partial charge in [0.25, 0.3) is 5.91 Å². The maximum Gasteiger partial charge on any atom is 0.418 e. The second-order valence-corrected chi connectivity index (χ2v) is 6.21. The number of benzene rings is 1. The van der Waals surface area contributed by atoms with Crippen molar-refractivity contribution in [2.24, 2.45) is 5.10 Å². The number of amidine groups is 1. The molecule has 1 aromatic carbocycles. The number of hydrazone groups is 1. The van der Waals surface area contributed by atoms with Crippen molar-refractivity contribution in [3.63, 3.8) is 0 Å². The van der Waals surface area contributed by atoms with E-state index in [1.807, 2.05) is 0 Å². The third-order valence-corrected chi connectivity index (χ3v) is 4.33. The molecule has 2 aliphatic rings. The summed E-state index contributed by atoms with van der Waals surface area (Å²) in [6.07, 6.45) is -0.605. The predicted molar refractivity (Wildman–Crippen MR) is 84.6 cm³/mol. The molecule has 0 radical (unpaired) electrons. The van der Waals surface area contributed by atoms with Crippen molar-refractivity contribution in [1.29, 1.82) is 0 Å². The van der Waals surface area contributed by atoms with E-state index >= 15 is 0 Å². The number of nitrogens with one attached hydrogen (secondary N) is 2. The molecule has 2 N–H and O–H groups in total. The minimum Gasteiger partial charge on any atom is -0.382 e. The molecule has 1 saturated carbocycles. The van der Waals surface area contributed by atoms with Gasteiger partial charge in [-0.15, -0.1) is 0 Å². The summed E-state index contributed by atoms with van der Waals surface area (Å²) >= 11 is 0. The Labute approximate surface area is 137 Å². The minimum atomic E-state index is -4.46. The Morgan fingerprint density at radius 2 is 2.00 bits per heavy atom. The molecule has 3 rings (SSSR count). The third kappa shape index (κ3) is 3.47. The molecule has 1 fully saturated rings. The molecule has 8 heteroatoms. The van der Waals surface area contributed by atoms with E-state index in [4.69, 9.17) is 0 Å². The molecule has 0 spiro atoms. The second kappa shape index (κ2) is 6.33. The predicted octanol–water partition coefficient (Wildman–Crippen LogP) is 2.78. The molecule has 0 unspecified atom stereocenters. The monoisotopic (exact) mass is 340 g/mol. The van der Waals surface area contributed by atoms with E-state index in [0.717, 1.165) is 31.7 Å². The van der Waals surface area contributed by atoms with Gasteiger partial charge in [0.1, 0.15) is 0 Å². The van der Waals surface area contributed by atoms with Crippen molar-refractivity contribution in [1.82, 2.24) is 10.3 Å². The lowest BCUT2D eigenvalue weighted by atomic mass is 10.1. The van der Waals surface area contributed by atoms with Crippen LogP contribution in [0.4, 0.5) is 18.9 Å². The highest BCUT2D eigenvalue weighted by Gasteiger charge is 2.35. The van der Waals surface area contributed by atoms with Crippen molar-refractivity contribution >= 4 is 17.4 Å². The summed E-state index contributed by atoms with van der Waals surface area (Å²) in [4.78, 5) is 12.8. The lowest BCUT2D eigenvalue weighted by Crippen LogP contribution is -2.43. The molecular weight excluding hydrogens is 321 g/mol. The van der Waals surface area contributed by atoms with Crippen LogP contribution in [0, 0.1) is 0 Å². The number of amides is 1. The summed E-state index contributed by atoms with van der Waals surface area (Å²) in [5.74, 6) is 0.0179. The number of hydrogen-bond acceptors (Lipinski definition) is 4. The second-order valence-electron chi connectivity index (χ2n) is 6.21. The van der Waals surface area contributed by atoms with Gasteiger partial charge in [-0.2, -0.15) is 18.3 Å². The Morgan fingerprint density at radius 3 is 2.62 bits per heavy atom. The van der Waals surface area contributed by atoms with E-state index in [9.17, 15) is 18.0 Å². The fourth-order valence-electron chi connectivity index (χ4n) is 3.15. The number of nitrogens with zero attached hydrogens (tertiary/aromatic N) is 2. The standard InChI is InChI=1S/C16H19F3N4O/c1-23-9-14(24)21-22-15(23)10-6-7-13(12(8-10)16(17,18)19)20-11-4-2-3-5-11/h6-8,11,20H,2-5,9H2,1H3,(H,21,24). The van der Waals surface area contributed by atoms with Crippen LogP contribution in [0.5, 0.6) is 0 Å². The van der Waals surface area contributed by atoms with E-state index in [1.165, 1.54) is 11.0 Å². The van der Waals surface area contributed by atoms with Crippen LogP contribution in [-0.4, -0.2) is 36.3 Å². The SMILES string of the molecule is CN1CC(=O)NN=C1c1ccc(NC2CCCC2)c(C(F)(F)F)c1. The van der Waals surface area contributed by atoms with Crippen molar-refractivity contribution in [2.75, 3.05) is 18.9 Å². The van der Waals surface area contributed by atoms with E-state index in [0.29, 0.717) is 11.4 Å². The van der Waals surface area contributed by atoms with Crippen LogP contribution in [-0.2, 0) is 11.0 Å². The highest BCUT2D eigenvalue weighted by molar-refractivity contribution is 6.03. The Morgan fingerprint density at radius 1 is 1.29 bits per heavy atom.